The first kappa shape index (κ1) is 13.9. The molecule has 0 saturated heterocycles. The lowest BCUT2D eigenvalue weighted by atomic mass is 10.2. The Kier molecular flexibility index (Phi) is 5.01. The molecule has 0 atom stereocenters. The molecule has 20 heavy (non-hydrogen) atoms. The minimum absolute atomic E-state index is 0.157. The molecule has 2 rings (SSSR count). The van der Waals surface area contributed by atoms with E-state index in [2.05, 4.69) is 20.2 Å². The van der Waals surface area contributed by atoms with Crippen molar-refractivity contribution in [3.05, 3.63) is 41.3 Å². The molecule has 2 aromatic rings. The van der Waals surface area contributed by atoms with Gasteiger partial charge in [0.05, 0.1) is 5.38 Å². The minimum Gasteiger partial charge on any atom is -0.445 e. The third-order valence-electron chi connectivity index (χ3n) is 2.23. The summed E-state index contributed by atoms with van der Waals surface area (Å²) in [6.07, 6.45) is -0.652. The minimum atomic E-state index is -0.652. The summed E-state index contributed by atoms with van der Waals surface area (Å²) in [5, 5.41) is 10.1. The zero-order valence-corrected chi connectivity index (χ0v) is 11.2. The Hall–Kier alpha value is -2.48. The van der Waals surface area contributed by atoms with Crippen molar-refractivity contribution in [2.75, 3.05) is 11.9 Å². The average molecular weight is 292 g/mol. The molecule has 0 unspecified atom stereocenters. The van der Waals surface area contributed by atoms with Crippen LogP contribution in [0.25, 0.3) is 0 Å². The second-order valence-electron chi connectivity index (χ2n) is 3.75. The molecule has 0 aliphatic heterocycles. The SMILES string of the molecule is O=C(CNC(=O)OCc1ccccc1)Nc1csnn1. The molecule has 0 saturated carbocycles. The Labute approximate surface area is 119 Å². The van der Waals surface area contributed by atoms with Crippen molar-refractivity contribution >= 4 is 29.4 Å². The summed E-state index contributed by atoms with van der Waals surface area (Å²) in [4.78, 5) is 22.8. The number of benzene rings is 1. The van der Waals surface area contributed by atoms with Crippen LogP contribution < -0.4 is 10.6 Å². The quantitative estimate of drug-likeness (QED) is 0.869. The lowest BCUT2D eigenvalue weighted by Gasteiger charge is -2.06. The number of rotatable bonds is 5. The van der Waals surface area contributed by atoms with Crippen LogP contribution in [-0.4, -0.2) is 28.1 Å². The summed E-state index contributed by atoms with van der Waals surface area (Å²) in [6.45, 7) is -0.0323. The lowest BCUT2D eigenvalue weighted by molar-refractivity contribution is -0.115. The maximum absolute atomic E-state index is 11.4. The number of hydrogen-bond donors (Lipinski definition) is 2. The summed E-state index contributed by atoms with van der Waals surface area (Å²) >= 11 is 1.12. The highest BCUT2D eigenvalue weighted by atomic mass is 32.1. The number of nitrogens with one attached hydrogen (secondary N) is 2. The molecule has 0 spiro atoms. The van der Waals surface area contributed by atoms with Crippen LogP contribution in [0, 0.1) is 0 Å². The number of carbonyl (C=O) groups is 2. The van der Waals surface area contributed by atoms with E-state index in [4.69, 9.17) is 4.74 Å². The fraction of sp³-hybridized carbons (Fsp3) is 0.167. The van der Waals surface area contributed by atoms with Gasteiger partial charge >= 0.3 is 6.09 Å². The van der Waals surface area contributed by atoms with Crippen molar-refractivity contribution in [3.8, 4) is 0 Å². The molecule has 2 amide bonds. The Bertz CT molecular complexity index is 559. The maximum Gasteiger partial charge on any atom is 0.407 e. The molecule has 0 aliphatic rings. The van der Waals surface area contributed by atoms with Crippen LogP contribution in [0.4, 0.5) is 10.6 Å². The van der Waals surface area contributed by atoms with Crippen LogP contribution in [-0.2, 0) is 16.1 Å². The van der Waals surface area contributed by atoms with E-state index in [1.165, 1.54) is 0 Å². The van der Waals surface area contributed by atoms with Crippen molar-refractivity contribution in [2.24, 2.45) is 0 Å². The van der Waals surface area contributed by atoms with Gasteiger partial charge in [-0.3, -0.25) is 4.79 Å². The fourth-order valence-corrected chi connectivity index (χ4v) is 1.72. The van der Waals surface area contributed by atoms with Crippen molar-refractivity contribution in [2.45, 2.75) is 6.61 Å². The molecular weight excluding hydrogens is 280 g/mol. The van der Waals surface area contributed by atoms with Gasteiger partial charge in [-0.15, -0.1) is 5.10 Å². The highest BCUT2D eigenvalue weighted by Gasteiger charge is 2.07. The van der Waals surface area contributed by atoms with Crippen molar-refractivity contribution in [1.82, 2.24) is 14.9 Å². The van der Waals surface area contributed by atoms with Gasteiger partial charge in [0, 0.05) is 0 Å². The van der Waals surface area contributed by atoms with Gasteiger partial charge in [0.1, 0.15) is 13.2 Å². The summed E-state index contributed by atoms with van der Waals surface area (Å²) in [5.41, 5.74) is 0.876. The fourth-order valence-electron chi connectivity index (χ4n) is 1.33. The van der Waals surface area contributed by atoms with E-state index >= 15 is 0 Å². The third kappa shape index (κ3) is 4.65. The van der Waals surface area contributed by atoms with Gasteiger partial charge in [0.25, 0.3) is 0 Å². The molecule has 0 bridgehead atoms. The Morgan fingerprint density at radius 2 is 2.05 bits per heavy atom. The van der Waals surface area contributed by atoms with Gasteiger partial charge in [-0.1, -0.05) is 34.8 Å². The number of amides is 2. The van der Waals surface area contributed by atoms with E-state index in [0.717, 1.165) is 17.1 Å². The molecule has 0 radical (unpaired) electrons. The normalized spacial score (nSPS) is 9.80. The average Bonchev–Trinajstić information content (AvgIpc) is 2.97. The topological polar surface area (TPSA) is 93.2 Å². The lowest BCUT2D eigenvalue weighted by Crippen LogP contribution is -2.33. The molecule has 0 aliphatic carbocycles. The Morgan fingerprint density at radius 1 is 1.25 bits per heavy atom. The van der Waals surface area contributed by atoms with E-state index in [0.29, 0.717) is 5.82 Å². The standard InChI is InChI=1S/C12H12N4O3S/c17-11(14-10-8-20-16-15-10)6-13-12(18)19-7-9-4-2-1-3-5-9/h1-5,8H,6-7H2,(H,13,18)(H,14,17). The molecule has 1 aromatic carbocycles. The second-order valence-corrected chi connectivity index (χ2v) is 4.36. The van der Waals surface area contributed by atoms with Crippen molar-refractivity contribution in [1.29, 1.82) is 0 Å². The number of anilines is 1. The summed E-state index contributed by atoms with van der Waals surface area (Å²) in [5.74, 6) is -0.0335. The number of hydrogen-bond acceptors (Lipinski definition) is 6. The Balaban J connectivity index is 1.66. The predicted octanol–water partition coefficient (Wildman–Crippen LogP) is 1.40. The molecule has 7 nitrogen and oxygen atoms in total. The van der Waals surface area contributed by atoms with Gasteiger partial charge in [-0.25, -0.2) is 4.79 Å². The first-order valence-electron chi connectivity index (χ1n) is 5.75. The molecule has 1 heterocycles. The van der Waals surface area contributed by atoms with Crippen LogP contribution in [0.3, 0.4) is 0 Å². The second kappa shape index (κ2) is 7.19. The van der Waals surface area contributed by atoms with Crippen LogP contribution >= 0.6 is 11.5 Å². The number of nitrogens with zero attached hydrogens (tertiary/aromatic N) is 2. The van der Waals surface area contributed by atoms with Crippen LogP contribution in [0.5, 0.6) is 0 Å². The Morgan fingerprint density at radius 3 is 2.75 bits per heavy atom. The predicted molar refractivity (Wildman–Crippen MR) is 73.2 cm³/mol. The van der Waals surface area contributed by atoms with E-state index < -0.39 is 12.0 Å². The summed E-state index contributed by atoms with van der Waals surface area (Å²) in [7, 11) is 0. The number of carbonyl (C=O) groups excluding carboxylic acids is 2. The molecule has 104 valence electrons. The molecule has 1 aromatic heterocycles. The van der Waals surface area contributed by atoms with Gasteiger partial charge in [0.2, 0.25) is 5.91 Å². The van der Waals surface area contributed by atoms with E-state index in [9.17, 15) is 9.59 Å². The van der Waals surface area contributed by atoms with E-state index in [1.807, 2.05) is 30.3 Å². The monoisotopic (exact) mass is 292 g/mol. The highest BCUT2D eigenvalue weighted by molar-refractivity contribution is 7.03. The van der Waals surface area contributed by atoms with Gasteiger partial charge in [-0.2, -0.15) is 0 Å². The van der Waals surface area contributed by atoms with Crippen LogP contribution in [0.1, 0.15) is 5.56 Å². The van der Waals surface area contributed by atoms with Gasteiger partial charge in [-0.05, 0) is 17.1 Å². The van der Waals surface area contributed by atoms with Gasteiger partial charge < -0.3 is 15.4 Å². The number of ether oxygens (including phenoxy) is 1. The highest BCUT2D eigenvalue weighted by Crippen LogP contribution is 2.02. The maximum atomic E-state index is 11.4. The molecule has 2 N–H and O–H groups in total. The largest absolute Gasteiger partial charge is 0.445 e. The summed E-state index contributed by atoms with van der Waals surface area (Å²) in [6, 6.07) is 9.27. The zero-order valence-electron chi connectivity index (χ0n) is 10.4. The van der Waals surface area contributed by atoms with Crippen LogP contribution in [0.15, 0.2) is 35.7 Å². The smallest absolute Gasteiger partial charge is 0.407 e. The van der Waals surface area contributed by atoms with Crippen molar-refractivity contribution in [3.63, 3.8) is 0 Å². The van der Waals surface area contributed by atoms with E-state index in [-0.39, 0.29) is 13.2 Å². The first-order chi connectivity index (χ1) is 9.74. The molecular formula is C12H12N4O3S. The number of alkyl carbamates (subject to hydrolysis) is 1. The summed E-state index contributed by atoms with van der Waals surface area (Å²) < 4.78 is 8.56. The molecule has 8 heteroatoms. The molecule has 0 fully saturated rings. The van der Waals surface area contributed by atoms with Gasteiger partial charge in [0.15, 0.2) is 5.82 Å². The third-order valence-corrected chi connectivity index (χ3v) is 2.74. The first-order valence-corrected chi connectivity index (χ1v) is 6.59. The van der Waals surface area contributed by atoms with E-state index in [1.54, 1.807) is 5.38 Å². The van der Waals surface area contributed by atoms with Crippen molar-refractivity contribution < 1.29 is 14.3 Å². The zero-order chi connectivity index (χ0) is 14.2. The van der Waals surface area contributed by atoms with Crippen LogP contribution in [0.2, 0.25) is 0 Å². The number of aromatic nitrogens is 2.